The molecule has 100 valence electrons. The third-order valence-corrected chi connectivity index (χ3v) is 3.75. The summed E-state index contributed by atoms with van der Waals surface area (Å²) in [5.41, 5.74) is 2.68. The lowest BCUT2D eigenvalue weighted by molar-refractivity contribution is 0.578. The van der Waals surface area contributed by atoms with Crippen LogP contribution in [0.2, 0.25) is 0 Å². The molecule has 0 aromatic heterocycles. The maximum atomic E-state index is 3.61. The van der Waals surface area contributed by atoms with Crippen molar-refractivity contribution in [2.45, 2.75) is 19.5 Å². The molecule has 0 aliphatic carbocycles. The summed E-state index contributed by atoms with van der Waals surface area (Å²) < 4.78 is 0. The van der Waals surface area contributed by atoms with Gasteiger partial charge >= 0.3 is 0 Å². The largest absolute Gasteiger partial charge is 0.306 e. The van der Waals surface area contributed by atoms with Gasteiger partial charge in [-0.2, -0.15) is 0 Å². The topological polar surface area (TPSA) is 12.0 Å². The molecule has 0 saturated heterocycles. The van der Waals surface area contributed by atoms with E-state index < -0.39 is 0 Å². The summed E-state index contributed by atoms with van der Waals surface area (Å²) in [7, 11) is 0. The monoisotopic (exact) mass is 261 g/mol. The van der Waals surface area contributed by atoms with E-state index in [0.717, 1.165) is 6.54 Å². The molecule has 1 nitrogen and oxygen atoms in total. The van der Waals surface area contributed by atoms with Crippen molar-refractivity contribution in [3.05, 3.63) is 83.9 Å². The molecule has 0 bridgehead atoms. The Balaban J connectivity index is 1.80. The Morgan fingerprint density at radius 1 is 0.800 bits per heavy atom. The van der Waals surface area contributed by atoms with Crippen molar-refractivity contribution in [1.82, 2.24) is 5.32 Å². The molecule has 3 aromatic rings. The lowest BCUT2D eigenvalue weighted by atomic mass is 9.99. The number of hydrogen-bond acceptors (Lipinski definition) is 1. The van der Waals surface area contributed by atoms with Gasteiger partial charge in [0.15, 0.2) is 0 Å². The number of nitrogens with one attached hydrogen (secondary N) is 1. The molecule has 1 N–H and O–H groups in total. The van der Waals surface area contributed by atoms with Crippen LogP contribution in [0, 0.1) is 0 Å². The summed E-state index contributed by atoms with van der Waals surface area (Å²) in [4.78, 5) is 0. The second-order valence-corrected chi connectivity index (χ2v) is 5.16. The molecule has 20 heavy (non-hydrogen) atoms. The van der Waals surface area contributed by atoms with Gasteiger partial charge in [0.1, 0.15) is 0 Å². The van der Waals surface area contributed by atoms with E-state index in [9.17, 15) is 0 Å². The first-order chi connectivity index (χ1) is 9.84. The Hall–Kier alpha value is -2.12. The summed E-state index contributed by atoms with van der Waals surface area (Å²) in [6.07, 6.45) is 0. The summed E-state index contributed by atoms with van der Waals surface area (Å²) in [5.74, 6) is 0. The minimum Gasteiger partial charge on any atom is -0.306 e. The number of rotatable bonds is 4. The zero-order valence-electron chi connectivity index (χ0n) is 11.7. The van der Waals surface area contributed by atoms with Gasteiger partial charge in [-0.25, -0.2) is 0 Å². The van der Waals surface area contributed by atoms with Crippen LogP contribution >= 0.6 is 0 Å². The SMILES string of the molecule is CC(NCc1ccccc1)c1cccc2ccccc12. The van der Waals surface area contributed by atoms with Crippen LogP contribution in [0.15, 0.2) is 72.8 Å². The fourth-order valence-corrected chi connectivity index (χ4v) is 2.60. The smallest absolute Gasteiger partial charge is 0.0301 e. The lowest BCUT2D eigenvalue weighted by Crippen LogP contribution is -2.18. The third kappa shape index (κ3) is 2.73. The first kappa shape index (κ1) is 12.9. The van der Waals surface area contributed by atoms with Gasteiger partial charge < -0.3 is 5.32 Å². The lowest BCUT2D eigenvalue weighted by Gasteiger charge is -2.16. The van der Waals surface area contributed by atoms with Crippen LogP contribution in [0.4, 0.5) is 0 Å². The molecule has 0 saturated carbocycles. The van der Waals surface area contributed by atoms with E-state index in [1.54, 1.807) is 0 Å². The van der Waals surface area contributed by atoms with Gasteiger partial charge in [-0.3, -0.25) is 0 Å². The first-order valence-electron chi connectivity index (χ1n) is 7.09. The zero-order chi connectivity index (χ0) is 13.8. The average Bonchev–Trinajstić information content (AvgIpc) is 2.53. The molecule has 0 radical (unpaired) electrons. The molecule has 3 aromatic carbocycles. The molecule has 1 unspecified atom stereocenters. The van der Waals surface area contributed by atoms with Crippen LogP contribution in [-0.2, 0) is 6.54 Å². The van der Waals surface area contributed by atoms with Crippen molar-refractivity contribution in [3.8, 4) is 0 Å². The van der Waals surface area contributed by atoms with E-state index in [2.05, 4.69) is 85.0 Å². The van der Waals surface area contributed by atoms with Gasteiger partial charge in [-0.05, 0) is 28.8 Å². The molecule has 1 atom stereocenters. The van der Waals surface area contributed by atoms with Gasteiger partial charge in [-0.15, -0.1) is 0 Å². The van der Waals surface area contributed by atoms with Crippen LogP contribution in [0.25, 0.3) is 10.8 Å². The highest BCUT2D eigenvalue weighted by Crippen LogP contribution is 2.24. The normalized spacial score (nSPS) is 12.4. The van der Waals surface area contributed by atoms with Crippen LogP contribution < -0.4 is 5.32 Å². The van der Waals surface area contributed by atoms with E-state index in [-0.39, 0.29) is 0 Å². The van der Waals surface area contributed by atoms with Crippen LogP contribution in [0.3, 0.4) is 0 Å². The van der Waals surface area contributed by atoms with E-state index in [1.165, 1.54) is 21.9 Å². The molecule has 0 aliphatic rings. The van der Waals surface area contributed by atoms with E-state index in [0.29, 0.717) is 6.04 Å². The maximum absolute atomic E-state index is 3.61. The fraction of sp³-hybridized carbons (Fsp3) is 0.158. The predicted molar refractivity (Wildman–Crippen MR) is 85.6 cm³/mol. The van der Waals surface area contributed by atoms with Crippen molar-refractivity contribution in [1.29, 1.82) is 0 Å². The number of hydrogen-bond donors (Lipinski definition) is 1. The third-order valence-electron chi connectivity index (χ3n) is 3.75. The second kappa shape index (κ2) is 5.89. The molecular weight excluding hydrogens is 242 g/mol. The van der Waals surface area contributed by atoms with Gasteiger partial charge in [0, 0.05) is 12.6 Å². The molecule has 3 rings (SSSR count). The quantitative estimate of drug-likeness (QED) is 0.718. The molecule has 1 heteroatoms. The van der Waals surface area contributed by atoms with Crippen LogP contribution in [-0.4, -0.2) is 0 Å². The minimum atomic E-state index is 0.335. The van der Waals surface area contributed by atoms with Crippen molar-refractivity contribution < 1.29 is 0 Å². The van der Waals surface area contributed by atoms with E-state index in [4.69, 9.17) is 0 Å². The summed E-state index contributed by atoms with van der Waals surface area (Å²) >= 11 is 0. The first-order valence-corrected chi connectivity index (χ1v) is 7.09. The Morgan fingerprint density at radius 2 is 1.50 bits per heavy atom. The van der Waals surface area contributed by atoms with Crippen LogP contribution in [0.5, 0.6) is 0 Å². The molecule has 0 heterocycles. The second-order valence-electron chi connectivity index (χ2n) is 5.16. The molecular formula is C19H19N. The number of fused-ring (bicyclic) bond motifs is 1. The highest BCUT2D eigenvalue weighted by molar-refractivity contribution is 5.86. The predicted octanol–water partition coefficient (Wildman–Crippen LogP) is 4.69. The van der Waals surface area contributed by atoms with Gasteiger partial charge in [-0.1, -0.05) is 72.8 Å². The van der Waals surface area contributed by atoms with Gasteiger partial charge in [0.2, 0.25) is 0 Å². The molecule has 0 spiro atoms. The summed E-state index contributed by atoms with van der Waals surface area (Å²) in [5, 5.41) is 6.25. The van der Waals surface area contributed by atoms with Crippen LogP contribution in [0.1, 0.15) is 24.1 Å². The Labute approximate surface area is 120 Å². The minimum absolute atomic E-state index is 0.335. The van der Waals surface area contributed by atoms with Crippen molar-refractivity contribution >= 4 is 10.8 Å². The molecule has 0 aliphatic heterocycles. The Morgan fingerprint density at radius 3 is 2.35 bits per heavy atom. The highest BCUT2D eigenvalue weighted by Gasteiger charge is 2.08. The molecule has 0 amide bonds. The number of benzene rings is 3. The standard InChI is InChI=1S/C19H19N/c1-15(20-14-16-8-3-2-4-9-16)18-13-7-11-17-10-5-6-12-19(17)18/h2-13,15,20H,14H2,1H3. The van der Waals surface area contributed by atoms with Gasteiger partial charge in [0.25, 0.3) is 0 Å². The van der Waals surface area contributed by atoms with E-state index in [1.807, 2.05) is 0 Å². The summed E-state index contributed by atoms with van der Waals surface area (Å²) in [6, 6.07) is 26.0. The zero-order valence-corrected chi connectivity index (χ0v) is 11.7. The summed E-state index contributed by atoms with van der Waals surface area (Å²) in [6.45, 7) is 3.12. The van der Waals surface area contributed by atoms with Crippen molar-refractivity contribution in [2.75, 3.05) is 0 Å². The molecule has 0 fully saturated rings. The fourth-order valence-electron chi connectivity index (χ4n) is 2.60. The highest BCUT2D eigenvalue weighted by atomic mass is 14.9. The van der Waals surface area contributed by atoms with Crippen molar-refractivity contribution in [3.63, 3.8) is 0 Å². The Kier molecular flexibility index (Phi) is 3.80. The Bertz CT molecular complexity index is 683. The average molecular weight is 261 g/mol. The van der Waals surface area contributed by atoms with Gasteiger partial charge in [0.05, 0.1) is 0 Å². The van der Waals surface area contributed by atoms with Crippen molar-refractivity contribution in [2.24, 2.45) is 0 Å². The van der Waals surface area contributed by atoms with E-state index >= 15 is 0 Å². The maximum Gasteiger partial charge on any atom is 0.0301 e.